The molecule has 3 saturated heterocycles. The van der Waals surface area contributed by atoms with E-state index in [1.165, 1.54) is 83.7 Å². The Hall–Kier alpha value is -0.830. The van der Waals surface area contributed by atoms with E-state index < -0.39 is 0 Å². The summed E-state index contributed by atoms with van der Waals surface area (Å²) < 4.78 is 6.22. The van der Waals surface area contributed by atoms with Crippen molar-refractivity contribution in [3.8, 4) is 0 Å². The number of carbonyl (C=O) groups excluding carboxylic acids is 1. The molecule has 0 N–H and O–H groups in total. The number of hydrogen-bond acceptors (Lipinski definition) is 3. The van der Waals surface area contributed by atoms with Crippen LogP contribution in [-0.4, -0.2) is 36.6 Å². The molecule has 10 atom stereocenters. The summed E-state index contributed by atoms with van der Waals surface area (Å²) in [5.74, 6) is 7.50. The lowest BCUT2D eigenvalue weighted by Crippen LogP contribution is -2.51. The summed E-state index contributed by atoms with van der Waals surface area (Å²) in [6, 6.07) is 0. The van der Waals surface area contributed by atoms with Crippen LogP contribution in [0, 0.1) is 64.1 Å². The van der Waals surface area contributed by atoms with Crippen LogP contribution in [0.25, 0.3) is 0 Å². The SMILES string of the molecule is CC[C@H](CC[C@@H](C)[C@H]1CC[C@H]2[C@@H]3CC=C4C[C@@H](OC(=O)CC5CN6CCC5CC6)CC[C@]4(C)[C@H]3CC[C@]12C)C(C)C. The standard InChI is InChI=1S/C38H63NO2/c1-7-27(25(2)3)9-8-26(4)33-12-13-34-32-11-10-30-23-31(14-18-37(30,5)35(32)15-19-38(33,34)6)41-36(40)22-29-24-39-20-16-28(29)17-21-39/h10,25-29,31-35H,7-9,11-24H2,1-6H3/t26-,27-,29?,31+,32+,33-,34+,35+,37+,38-/m1/s1. The molecule has 0 aromatic rings. The van der Waals surface area contributed by atoms with Crippen LogP contribution in [0.5, 0.6) is 0 Å². The molecule has 6 fully saturated rings. The first-order valence-corrected chi connectivity index (χ1v) is 18.2. The number of fused-ring (bicyclic) bond motifs is 8. The van der Waals surface area contributed by atoms with Crippen molar-refractivity contribution >= 4 is 5.97 Å². The number of allylic oxidation sites excluding steroid dienone is 1. The fraction of sp³-hybridized carbons (Fsp3) is 0.921. The molecule has 3 heteroatoms. The quantitative estimate of drug-likeness (QED) is 0.206. The van der Waals surface area contributed by atoms with E-state index in [-0.39, 0.29) is 12.1 Å². The molecule has 232 valence electrons. The first-order chi connectivity index (χ1) is 19.6. The minimum Gasteiger partial charge on any atom is -0.462 e. The number of piperidine rings is 3. The second-order valence-electron chi connectivity index (χ2n) is 16.9. The molecule has 0 spiro atoms. The third kappa shape index (κ3) is 5.62. The van der Waals surface area contributed by atoms with E-state index in [1.807, 2.05) is 0 Å². The highest BCUT2D eigenvalue weighted by molar-refractivity contribution is 5.70. The number of carbonyl (C=O) groups is 1. The van der Waals surface area contributed by atoms with Gasteiger partial charge in [-0.25, -0.2) is 0 Å². The van der Waals surface area contributed by atoms with Crippen molar-refractivity contribution in [2.75, 3.05) is 19.6 Å². The molecule has 2 bridgehead atoms. The smallest absolute Gasteiger partial charge is 0.306 e. The van der Waals surface area contributed by atoms with Gasteiger partial charge in [0.2, 0.25) is 0 Å². The third-order valence-electron chi connectivity index (χ3n) is 14.8. The van der Waals surface area contributed by atoms with Gasteiger partial charge in [0.1, 0.15) is 6.10 Å². The fourth-order valence-corrected chi connectivity index (χ4v) is 12.2. The molecule has 41 heavy (non-hydrogen) atoms. The molecule has 3 nitrogen and oxygen atoms in total. The van der Waals surface area contributed by atoms with E-state index in [9.17, 15) is 4.79 Å². The number of rotatable bonds is 9. The Labute approximate surface area is 253 Å². The van der Waals surface area contributed by atoms with Gasteiger partial charge >= 0.3 is 5.97 Å². The van der Waals surface area contributed by atoms with E-state index >= 15 is 0 Å². The summed E-state index contributed by atoms with van der Waals surface area (Å²) in [6.07, 6.45) is 20.5. The summed E-state index contributed by atoms with van der Waals surface area (Å²) in [6.45, 7) is 18.8. The minimum atomic E-state index is 0.0878. The first kappa shape index (κ1) is 30.2. The van der Waals surface area contributed by atoms with E-state index in [0.29, 0.717) is 23.2 Å². The van der Waals surface area contributed by atoms with Gasteiger partial charge in [-0.3, -0.25) is 4.79 Å². The van der Waals surface area contributed by atoms with E-state index in [4.69, 9.17) is 4.74 Å². The second kappa shape index (κ2) is 11.9. The van der Waals surface area contributed by atoms with Crippen LogP contribution in [0.4, 0.5) is 0 Å². The maximum absolute atomic E-state index is 13.0. The van der Waals surface area contributed by atoms with Crippen LogP contribution in [0.3, 0.4) is 0 Å². The lowest BCUT2D eigenvalue weighted by atomic mass is 9.47. The highest BCUT2D eigenvalue weighted by Gasteiger charge is 2.59. The normalized spacial score (nSPS) is 44.9. The molecule has 4 aliphatic carbocycles. The Balaban J connectivity index is 1.06. The largest absolute Gasteiger partial charge is 0.462 e. The van der Waals surface area contributed by atoms with Gasteiger partial charge in [0, 0.05) is 19.4 Å². The molecule has 0 aromatic carbocycles. The molecule has 3 heterocycles. The summed E-state index contributed by atoms with van der Waals surface area (Å²) in [5, 5.41) is 0. The van der Waals surface area contributed by atoms with Gasteiger partial charge in [0.15, 0.2) is 0 Å². The Bertz CT molecular complexity index is 963. The van der Waals surface area contributed by atoms with Crippen LogP contribution < -0.4 is 0 Å². The lowest BCUT2D eigenvalue weighted by Gasteiger charge is -2.58. The van der Waals surface area contributed by atoms with E-state index in [0.717, 1.165) is 66.7 Å². The van der Waals surface area contributed by atoms with Crippen molar-refractivity contribution < 1.29 is 9.53 Å². The van der Waals surface area contributed by atoms with E-state index in [2.05, 4.69) is 52.5 Å². The first-order valence-electron chi connectivity index (χ1n) is 18.2. The average molecular weight is 566 g/mol. The summed E-state index contributed by atoms with van der Waals surface area (Å²) in [7, 11) is 0. The summed E-state index contributed by atoms with van der Waals surface area (Å²) in [4.78, 5) is 15.6. The monoisotopic (exact) mass is 565 g/mol. The third-order valence-corrected chi connectivity index (χ3v) is 14.8. The predicted octanol–water partition coefficient (Wildman–Crippen LogP) is 9.31. The zero-order chi connectivity index (χ0) is 28.9. The van der Waals surface area contributed by atoms with Crippen molar-refractivity contribution in [3.05, 3.63) is 11.6 Å². The summed E-state index contributed by atoms with van der Waals surface area (Å²) in [5.41, 5.74) is 2.53. The van der Waals surface area contributed by atoms with Crippen LogP contribution in [0.1, 0.15) is 131 Å². The Morgan fingerprint density at radius 2 is 1.78 bits per heavy atom. The molecule has 3 saturated carbocycles. The van der Waals surface area contributed by atoms with Crippen molar-refractivity contribution in [2.45, 2.75) is 138 Å². The number of hydrogen-bond donors (Lipinski definition) is 0. The van der Waals surface area contributed by atoms with Crippen LogP contribution in [0.15, 0.2) is 11.6 Å². The molecule has 7 aliphatic rings. The van der Waals surface area contributed by atoms with Crippen LogP contribution in [0.2, 0.25) is 0 Å². The highest BCUT2D eigenvalue weighted by atomic mass is 16.5. The molecular formula is C38H63NO2. The molecule has 0 aromatic heterocycles. The van der Waals surface area contributed by atoms with Crippen LogP contribution >= 0.6 is 0 Å². The van der Waals surface area contributed by atoms with Gasteiger partial charge in [-0.1, -0.05) is 66.0 Å². The van der Waals surface area contributed by atoms with Gasteiger partial charge in [-0.15, -0.1) is 0 Å². The zero-order valence-electron chi connectivity index (χ0n) is 27.6. The van der Waals surface area contributed by atoms with Gasteiger partial charge in [0.25, 0.3) is 0 Å². The molecule has 7 rings (SSSR count). The van der Waals surface area contributed by atoms with Crippen molar-refractivity contribution in [1.82, 2.24) is 4.90 Å². The fourth-order valence-electron chi connectivity index (χ4n) is 12.2. The molecular weight excluding hydrogens is 502 g/mol. The van der Waals surface area contributed by atoms with E-state index in [1.54, 1.807) is 5.57 Å². The van der Waals surface area contributed by atoms with Crippen LogP contribution in [-0.2, 0) is 9.53 Å². The van der Waals surface area contributed by atoms with Gasteiger partial charge in [0.05, 0.1) is 0 Å². The minimum absolute atomic E-state index is 0.0878. The number of esters is 1. The highest BCUT2D eigenvalue weighted by Crippen LogP contribution is 2.67. The molecule has 1 unspecified atom stereocenters. The maximum atomic E-state index is 13.0. The van der Waals surface area contributed by atoms with Crippen molar-refractivity contribution in [2.24, 2.45) is 64.1 Å². The lowest BCUT2D eigenvalue weighted by molar-refractivity contribution is -0.154. The topological polar surface area (TPSA) is 29.5 Å². The average Bonchev–Trinajstić information content (AvgIpc) is 3.31. The molecule has 0 amide bonds. The van der Waals surface area contributed by atoms with Gasteiger partial charge in [-0.2, -0.15) is 0 Å². The molecule has 3 aliphatic heterocycles. The zero-order valence-corrected chi connectivity index (χ0v) is 27.6. The maximum Gasteiger partial charge on any atom is 0.306 e. The Morgan fingerprint density at radius 3 is 2.46 bits per heavy atom. The Morgan fingerprint density at radius 1 is 1.00 bits per heavy atom. The van der Waals surface area contributed by atoms with Gasteiger partial charge in [-0.05, 0) is 141 Å². The van der Waals surface area contributed by atoms with Crippen molar-refractivity contribution in [1.29, 1.82) is 0 Å². The second-order valence-corrected chi connectivity index (χ2v) is 16.9. The van der Waals surface area contributed by atoms with Gasteiger partial charge < -0.3 is 9.64 Å². The summed E-state index contributed by atoms with van der Waals surface area (Å²) >= 11 is 0. The Kier molecular flexibility index (Phi) is 8.79. The number of nitrogens with zero attached hydrogens (tertiary/aromatic N) is 1. The van der Waals surface area contributed by atoms with Crippen molar-refractivity contribution in [3.63, 3.8) is 0 Å². The molecule has 0 radical (unpaired) electrons. The predicted molar refractivity (Wildman–Crippen MR) is 169 cm³/mol. The number of ether oxygens (including phenoxy) is 1.